The first kappa shape index (κ1) is 26.6. The molecular weight excluding hydrogens is 520 g/mol. The first-order valence-electron chi connectivity index (χ1n) is 12.9. The van der Waals surface area contributed by atoms with Gasteiger partial charge in [0.1, 0.15) is 18.1 Å². The number of likely N-dealkylation sites (tertiary alicyclic amines) is 1. The van der Waals surface area contributed by atoms with Crippen molar-refractivity contribution in [2.75, 3.05) is 37.4 Å². The van der Waals surface area contributed by atoms with E-state index in [0.29, 0.717) is 16.5 Å². The third-order valence-electron chi connectivity index (χ3n) is 7.05. The van der Waals surface area contributed by atoms with E-state index in [4.69, 9.17) is 21.4 Å². The molecule has 0 unspecified atom stereocenters. The Hall–Kier alpha value is -2.97. The lowest BCUT2D eigenvalue weighted by Gasteiger charge is -2.26. The van der Waals surface area contributed by atoms with Gasteiger partial charge in [0, 0.05) is 29.6 Å². The van der Waals surface area contributed by atoms with Crippen LogP contribution in [0.4, 0.5) is 5.82 Å². The number of carbonyl (C=O) groups is 2. The molecule has 0 bridgehead atoms. The standard InChI is InChI=1S/C29H33ClN4O3S/c1-29(2,3)27-25-26(19-11-5-8-14-22(19)37-4)38-18-24(36)33(17-23(35)32-15-9-10-16-32)28(25)34(31-27)21-13-7-6-12-20(21)30/h5-8,11-14,26H,9-10,15-18H2,1-4H3/t26-/m1/s1. The molecule has 2 aliphatic rings. The summed E-state index contributed by atoms with van der Waals surface area (Å²) in [6.07, 6.45) is 1.98. The number of anilines is 1. The molecule has 3 aromatic rings. The zero-order valence-corrected chi connectivity index (χ0v) is 23.8. The number of benzene rings is 2. The molecule has 9 heteroatoms. The number of fused-ring (bicyclic) bond motifs is 1. The predicted molar refractivity (Wildman–Crippen MR) is 153 cm³/mol. The number of methoxy groups -OCH3 is 1. The number of rotatable bonds is 5. The summed E-state index contributed by atoms with van der Waals surface area (Å²) >= 11 is 8.24. The van der Waals surface area contributed by atoms with Crippen molar-refractivity contribution in [3.8, 4) is 11.4 Å². The number of halogens is 1. The van der Waals surface area contributed by atoms with Crippen LogP contribution < -0.4 is 9.64 Å². The molecule has 3 heterocycles. The molecule has 7 nitrogen and oxygen atoms in total. The summed E-state index contributed by atoms with van der Waals surface area (Å²) in [7, 11) is 1.66. The van der Waals surface area contributed by atoms with Crippen LogP contribution in [0.3, 0.4) is 0 Å². The van der Waals surface area contributed by atoms with E-state index in [-0.39, 0.29) is 34.8 Å². The van der Waals surface area contributed by atoms with E-state index in [1.165, 1.54) is 0 Å². The molecular formula is C29H33ClN4O3S. The summed E-state index contributed by atoms with van der Waals surface area (Å²) < 4.78 is 7.52. The number of aromatic nitrogens is 2. The third-order valence-corrected chi connectivity index (χ3v) is 8.61. The number of nitrogens with zero attached hydrogens (tertiary/aromatic N) is 4. The second-order valence-electron chi connectivity index (χ2n) is 10.7. The van der Waals surface area contributed by atoms with Crippen LogP contribution in [0.15, 0.2) is 48.5 Å². The summed E-state index contributed by atoms with van der Waals surface area (Å²) in [5.74, 6) is 1.38. The first-order chi connectivity index (χ1) is 18.2. The van der Waals surface area contributed by atoms with E-state index in [0.717, 1.165) is 48.5 Å². The Morgan fingerprint density at radius 1 is 1.11 bits per heavy atom. The fraction of sp³-hybridized carbons (Fsp3) is 0.414. The Balaban J connectivity index is 1.78. The van der Waals surface area contributed by atoms with Gasteiger partial charge >= 0.3 is 0 Å². The zero-order chi connectivity index (χ0) is 27.0. The van der Waals surface area contributed by atoms with Gasteiger partial charge in [-0.15, -0.1) is 11.8 Å². The topological polar surface area (TPSA) is 67.7 Å². The lowest BCUT2D eigenvalue weighted by atomic mass is 9.87. The molecule has 200 valence electrons. The summed E-state index contributed by atoms with van der Waals surface area (Å²) in [6, 6.07) is 15.4. The van der Waals surface area contributed by atoms with Crippen LogP contribution in [-0.4, -0.2) is 59.0 Å². The average Bonchev–Trinajstić information content (AvgIpc) is 3.54. The monoisotopic (exact) mass is 552 g/mol. The molecule has 0 spiro atoms. The molecule has 1 atom stereocenters. The van der Waals surface area contributed by atoms with Gasteiger partial charge in [-0.05, 0) is 31.0 Å². The van der Waals surface area contributed by atoms with E-state index >= 15 is 0 Å². The summed E-state index contributed by atoms with van der Waals surface area (Å²) in [5, 5.41) is 5.40. The molecule has 2 amide bonds. The van der Waals surface area contributed by atoms with E-state index < -0.39 is 0 Å². The van der Waals surface area contributed by atoms with Crippen LogP contribution in [0, 0.1) is 0 Å². The Morgan fingerprint density at radius 3 is 2.47 bits per heavy atom. The van der Waals surface area contributed by atoms with E-state index in [2.05, 4.69) is 20.8 Å². The Kier molecular flexibility index (Phi) is 7.47. The Morgan fingerprint density at radius 2 is 1.79 bits per heavy atom. The van der Waals surface area contributed by atoms with Gasteiger partial charge in [0.2, 0.25) is 11.8 Å². The van der Waals surface area contributed by atoms with Gasteiger partial charge in [-0.1, -0.05) is 62.7 Å². The lowest BCUT2D eigenvalue weighted by molar-refractivity contribution is -0.130. The zero-order valence-electron chi connectivity index (χ0n) is 22.2. The van der Waals surface area contributed by atoms with Gasteiger partial charge in [-0.25, -0.2) is 4.68 Å². The Labute approximate surface area is 233 Å². The van der Waals surface area contributed by atoms with E-state index in [1.54, 1.807) is 28.5 Å². The molecule has 0 radical (unpaired) electrons. The van der Waals surface area contributed by atoms with Crippen LogP contribution in [0.5, 0.6) is 5.75 Å². The molecule has 1 aromatic heterocycles. The number of hydrogen-bond donors (Lipinski definition) is 0. The molecule has 1 saturated heterocycles. The van der Waals surface area contributed by atoms with Crippen molar-refractivity contribution in [3.63, 3.8) is 0 Å². The fourth-order valence-electron chi connectivity index (χ4n) is 5.20. The second-order valence-corrected chi connectivity index (χ2v) is 12.2. The number of hydrogen-bond acceptors (Lipinski definition) is 5. The molecule has 2 aliphatic heterocycles. The van der Waals surface area contributed by atoms with E-state index in [9.17, 15) is 9.59 Å². The van der Waals surface area contributed by atoms with Crippen molar-refractivity contribution in [1.29, 1.82) is 0 Å². The lowest BCUT2D eigenvalue weighted by Crippen LogP contribution is -2.43. The van der Waals surface area contributed by atoms with Gasteiger partial charge < -0.3 is 9.64 Å². The number of amides is 2. The minimum Gasteiger partial charge on any atom is -0.496 e. The molecule has 1 fully saturated rings. The maximum absolute atomic E-state index is 13.8. The Bertz CT molecular complexity index is 1360. The molecule has 0 N–H and O–H groups in total. The molecule has 38 heavy (non-hydrogen) atoms. The molecule has 2 aromatic carbocycles. The number of carbonyl (C=O) groups excluding carboxylic acids is 2. The van der Waals surface area contributed by atoms with Gasteiger partial charge in [0.05, 0.1) is 34.5 Å². The quantitative estimate of drug-likeness (QED) is 0.411. The highest BCUT2D eigenvalue weighted by molar-refractivity contribution is 8.00. The van der Waals surface area contributed by atoms with Crippen molar-refractivity contribution in [1.82, 2.24) is 14.7 Å². The minimum absolute atomic E-state index is 0.0369. The summed E-state index contributed by atoms with van der Waals surface area (Å²) in [5.41, 5.74) is 3.04. The highest BCUT2D eigenvalue weighted by Crippen LogP contribution is 2.50. The van der Waals surface area contributed by atoms with Crippen LogP contribution in [-0.2, 0) is 15.0 Å². The highest BCUT2D eigenvalue weighted by atomic mass is 35.5. The molecule has 0 aliphatic carbocycles. The molecule has 5 rings (SSSR count). The van der Waals surface area contributed by atoms with Crippen molar-refractivity contribution in [2.24, 2.45) is 0 Å². The van der Waals surface area contributed by atoms with Crippen molar-refractivity contribution in [2.45, 2.75) is 44.3 Å². The van der Waals surface area contributed by atoms with Crippen LogP contribution in [0.1, 0.15) is 55.7 Å². The first-order valence-corrected chi connectivity index (χ1v) is 14.3. The van der Waals surface area contributed by atoms with E-state index in [1.807, 2.05) is 53.4 Å². The van der Waals surface area contributed by atoms with Crippen LogP contribution in [0.2, 0.25) is 5.02 Å². The third kappa shape index (κ3) is 4.92. The summed E-state index contributed by atoms with van der Waals surface area (Å²) in [4.78, 5) is 30.7. The maximum Gasteiger partial charge on any atom is 0.242 e. The van der Waals surface area contributed by atoms with Gasteiger partial charge in [0.15, 0.2) is 0 Å². The minimum atomic E-state index is -0.352. The van der Waals surface area contributed by atoms with Gasteiger partial charge in [-0.3, -0.25) is 14.5 Å². The number of ether oxygens (including phenoxy) is 1. The summed E-state index contributed by atoms with van der Waals surface area (Å²) in [6.45, 7) is 7.76. The van der Waals surface area contributed by atoms with Gasteiger partial charge in [0.25, 0.3) is 0 Å². The molecule has 0 saturated carbocycles. The largest absolute Gasteiger partial charge is 0.496 e. The number of thioether (sulfide) groups is 1. The number of para-hydroxylation sites is 2. The normalized spacial score (nSPS) is 17.9. The van der Waals surface area contributed by atoms with Crippen molar-refractivity contribution < 1.29 is 14.3 Å². The maximum atomic E-state index is 13.8. The van der Waals surface area contributed by atoms with Crippen molar-refractivity contribution >= 4 is 41.0 Å². The highest BCUT2D eigenvalue weighted by Gasteiger charge is 2.41. The second kappa shape index (κ2) is 10.7. The SMILES string of the molecule is COc1ccccc1[C@H]1SCC(=O)N(CC(=O)N2CCCC2)c2c1c(C(C)(C)C)nn2-c1ccccc1Cl. The smallest absolute Gasteiger partial charge is 0.242 e. The fourth-order valence-corrected chi connectivity index (χ4v) is 6.63. The van der Waals surface area contributed by atoms with Gasteiger partial charge in [-0.2, -0.15) is 5.10 Å². The van der Waals surface area contributed by atoms with Crippen molar-refractivity contribution in [3.05, 3.63) is 70.4 Å². The van der Waals surface area contributed by atoms with Crippen LogP contribution >= 0.6 is 23.4 Å². The van der Waals surface area contributed by atoms with Crippen LogP contribution in [0.25, 0.3) is 5.69 Å². The predicted octanol–water partition coefficient (Wildman–Crippen LogP) is 5.62. The average molecular weight is 553 g/mol.